The molecule has 0 bridgehead atoms. The highest BCUT2D eigenvalue weighted by Crippen LogP contribution is 2.20. The zero-order valence-electron chi connectivity index (χ0n) is 6.18. The van der Waals surface area contributed by atoms with Crippen LogP contribution in [0.25, 0.3) is 0 Å². The van der Waals surface area contributed by atoms with Gasteiger partial charge in [0.2, 0.25) is 0 Å². The van der Waals surface area contributed by atoms with Crippen molar-refractivity contribution in [1.82, 2.24) is 0 Å². The molecule has 0 atom stereocenters. The lowest BCUT2D eigenvalue weighted by Gasteiger charge is -1.95. The summed E-state index contributed by atoms with van der Waals surface area (Å²) in [4.78, 5) is -0.404. The molecule has 5 nitrogen and oxygen atoms in total. The molecule has 1 N–H and O–H groups in total. The van der Waals surface area contributed by atoms with Gasteiger partial charge in [-0.25, -0.2) is 6.14 Å². The molecule has 0 heterocycles. The van der Waals surface area contributed by atoms with Gasteiger partial charge in [0.15, 0.2) is 0 Å². The van der Waals surface area contributed by atoms with Crippen LogP contribution in [0.5, 0.6) is 0 Å². The molecule has 0 saturated heterocycles. The molecule has 0 amide bonds. The van der Waals surface area contributed by atoms with Crippen LogP contribution < -0.4 is 0 Å². The smallest absolute Gasteiger partial charge is 0.282 e. The Morgan fingerprint density at radius 1 is 1.23 bits per heavy atom. The molecule has 1 rings (SSSR count). The molecule has 72 valence electrons. The van der Waals surface area contributed by atoms with E-state index in [-0.39, 0.29) is 3.57 Å². The predicted octanol–water partition coefficient (Wildman–Crippen LogP) is 1.30. The fraction of sp³-hybridized carbons (Fsp3) is 0. The molecule has 1 aromatic carbocycles. The lowest BCUT2D eigenvalue weighted by atomic mass is 10.4. The Hall–Kier alpha value is -0.540. The molecule has 0 aromatic heterocycles. The fourth-order valence-corrected chi connectivity index (χ4v) is 2.55. The molecule has 0 saturated carbocycles. The SMILES string of the molecule is O=I(=O)c1cccc(S(=O)(=O)O)c1. The Bertz CT molecular complexity index is 480. The van der Waals surface area contributed by atoms with Gasteiger partial charge in [-0.1, -0.05) is 6.07 Å². The van der Waals surface area contributed by atoms with Crippen molar-refractivity contribution in [3.63, 3.8) is 0 Å². The average Bonchev–Trinajstić information content (AvgIpc) is 2.03. The van der Waals surface area contributed by atoms with Crippen molar-refractivity contribution in [1.29, 1.82) is 0 Å². The topological polar surface area (TPSA) is 88.5 Å². The van der Waals surface area contributed by atoms with Gasteiger partial charge in [-0.2, -0.15) is 8.42 Å². The first kappa shape index (κ1) is 10.5. The second kappa shape index (κ2) is 3.68. The van der Waals surface area contributed by atoms with Crippen molar-refractivity contribution < 1.29 is 19.1 Å². The van der Waals surface area contributed by atoms with Crippen LogP contribution in [0.1, 0.15) is 0 Å². The van der Waals surface area contributed by atoms with Crippen LogP contribution in [-0.4, -0.2) is 13.0 Å². The number of benzene rings is 1. The zero-order chi connectivity index (χ0) is 10.1. The first-order valence-electron chi connectivity index (χ1n) is 3.04. The highest BCUT2D eigenvalue weighted by atomic mass is 127. The van der Waals surface area contributed by atoms with E-state index in [9.17, 15) is 14.6 Å². The quantitative estimate of drug-likeness (QED) is 0.656. The summed E-state index contributed by atoms with van der Waals surface area (Å²) in [6.45, 7) is 0. The van der Waals surface area contributed by atoms with E-state index >= 15 is 0 Å². The van der Waals surface area contributed by atoms with Crippen LogP contribution in [-0.2, 0) is 16.3 Å². The van der Waals surface area contributed by atoms with Gasteiger partial charge in [0, 0.05) is 0 Å². The van der Waals surface area contributed by atoms with Crippen LogP contribution in [0.2, 0.25) is 0 Å². The van der Waals surface area contributed by atoms with Gasteiger partial charge in [-0.15, -0.1) is 0 Å². The average molecular weight is 316 g/mol. The third kappa shape index (κ3) is 2.71. The second-order valence-electron chi connectivity index (χ2n) is 2.15. The largest absolute Gasteiger partial charge is 0.340 e. The summed E-state index contributed by atoms with van der Waals surface area (Å²) in [5.74, 6) is 0. The van der Waals surface area contributed by atoms with Crippen LogP contribution >= 0.6 is 19.8 Å². The summed E-state index contributed by atoms with van der Waals surface area (Å²) in [7, 11) is -4.31. The summed E-state index contributed by atoms with van der Waals surface area (Å²) in [5.41, 5.74) is 0. The summed E-state index contributed by atoms with van der Waals surface area (Å²) >= 11 is -3.67. The van der Waals surface area contributed by atoms with E-state index in [0.29, 0.717) is 0 Å². The van der Waals surface area contributed by atoms with Crippen LogP contribution in [0.15, 0.2) is 29.2 Å². The van der Waals surface area contributed by atoms with Gasteiger partial charge in [-0.3, -0.25) is 4.55 Å². The van der Waals surface area contributed by atoms with E-state index in [0.717, 1.165) is 12.1 Å². The molecule has 0 aliphatic heterocycles. The molecule has 1 aromatic rings. The maximum Gasteiger partial charge on any atom is 0.340 e. The molecule has 0 aliphatic carbocycles. The van der Waals surface area contributed by atoms with Gasteiger partial charge in [-0.05, 0) is 18.2 Å². The van der Waals surface area contributed by atoms with Crippen molar-refractivity contribution in [3.8, 4) is 0 Å². The van der Waals surface area contributed by atoms with Crippen molar-refractivity contribution in [3.05, 3.63) is 27.8 Å². The van der Waals surface area contributed by atoms with Gasteiger partial charge in [0.05, 0.1) is 8.47 Å². The molecule has 7 heteroatoms. The number of rotatable bonds is 2. The van der Waals surface area contributed by atoms with E-state index in [2.05, 4.69) is 0 Å². The van der Waals surface area contributed by atoms with Crippen LogP contribution in [0.4, 0.5) is 0 Å². The fourth-order valence-electron chi connectivity index (χ4n) is 0.723. The van der Waals surface area contributed by atoms with Crippen LogP contribution in [0, 0.1) is 3.57 Å². The number of halogens is 1. The lowest BCUT2D eigenvalue weighted by molar-refractivity contribution is 0.483. The lowest BCUT2D eigenvalue weighted by Crippen LogP contribution is -1.97. The minimum absolute atomic E-state index is 0.0562. The van der Waals surface area contributed by atoms with E-state index in [1.807, 2.05) is 0 Å². The molecule has 0 radical (unpaired) electrons. The maximum absolute atomic E-state index is 10.6. The molecule has 13 heavy (non-hydrogen) atoms. The first-order valence-corrected chi connectivity index (χ1v) is 7.32. The van der Waals surface area contributed by atoms with Gasteiger partial charge < -0.3 is 0 Å². The highest BCUT2D eigenvalue weighted by Gasteiger charge is 2.10. The molecule has 0 unspecified atom stereocenters. The minimum Gasteiger partial charge on any atom is -0.282 e. The Balaban J connectivity index is 3.37. The van der Waals surface area contributed by atoms with E-state index in [1.165, 1.54) is 12.1 Å². The molecular formula is C6H5IO5S. The Kier molecular flexibility index (Phi) is 2.98. The monoisotopic (exact) mass is 316 g/mol. The third-order valence-electron chi connectivity index (χ3n) is 1.27. The molecule has 0 spiro atoms. The normalized spacial score (nSPS) is 11.8. The minimum atomic E-state index is -4.31. The van der Waals surface area contributed by atoms with E-state index in [4.69, 9.17) is 4.55 Å². The Labute approximate surface area is 81.7 Å². The second-order valence-corrected chi connectivity index (χ2v) is 6.06. The maximum atomic E-state index is 10.6. The zero-order valence-corrected chi connectivity index (χ0v) is 9.15. The Morgan fingerprint density at radius 2 is 1.85 bits per heavy atom. The van der Waals surface area contributed by atoms with E-state index in [1.54, 1.807) is 0 Å². The molecular weight excluding hydrogens is 311 g/mol. The van der Waals surface area contributed by atoms with Crippen molar-refractivity contribution >= 4 is 29.9 Å². The number of hydrogen-bond donors (Lipinski definition) is 1. The third-order valence-corrected chi connectivity index (χ3v) is 3.81. The van der Waals surface area contributed by atoms with E-state index < -0.39 is 34.8 Å². The van der Waals surface area contributed by atoms with Crippen molar-refractivity contribution in [2.75, 3.05) is 0 Å². The van der Waals surface area contributed by atoms with Crippen LogP contribution in [0.3, 0.4) is 0 Å². The van der Waals surface area contributed by atoms with Gasteiger partial charge in [0.25, 0.3) is 10.1 Å². The van der Waals surface area contributed by atoms with Crippen molar-refractivity contribution in [2.24, 2.45) is 0 Å². The summed E-state index contributed by atoms with van der Waals surface area (Å²) in [5, 5.41) is 0. The highest BCUT2D eigenvalue weighted by molar-refractivity contribution is 14.2. The Morgan fingerprint density at radius 3 is 2.31 bits per heavy atom. The van der Waals surface area contributed by atoms with Gasteiger partial charge in [0.1, 0.15) is 0 Å². The summed E-state index contributed by atoms with van der Waals surface area (Å²) in [6.07, 6.45) is 0. The summed E-state index contributed by atoms with van der Waals surface area (Å²) in [6, 6.07) is 4.59. The van der Waals surface area contributed by atoms with Crippen molar-refractivity contribution in [2.45, 2.75) is 4.90 Å². The van der Waals surface area contributed by atoms with Gasteiger partial charge >= 0.3 is 19.8 Å². The first-order chi connectivity index (χ1) is 5.91. The predicted molar refractivity (Wildman–Crippen MR) is 50.3 cm³/mol. The number of hydrogen-bond acceptors (Lipinski definition) is 4. The molecule has 0 aliphatic rings. The molecule has 0 fully saturated rings. The summed E-state index contributed by atoms with van der Waals surface area (Å²) < 4.78 is 50.7. The standard InChI is InChI=1S/C6H5IO5S/c8-7(9)5-2-1-3-6(4-5)13(10,11)12/h1-4H,(H,10,11,12).